The number of benzene rings is 1. The fraction of sp³-hybridized carbons (Fsp3) is 0.0909. The fourth-order valence-electron chi connectivity index (χ4n) is 1.69. The molecule has 0 radical (unpaired) electrons. The molecular formula is C11H8ClN5O2S. The summed E-state index contributed by atoms with van der Waals surface area (Å²) in [4.78, 5) is 12.5. The molecule has 3 aromatic rings. The van der Waals surface area contributed by atoms with Crippen molar-refractivity contribution >= 4 is 44.9 Å². The molecule has 0 bridgehead atoms. The van der Waals surface area contributed by atoms with E-state index in [4.69, 9.17) is 16.3 Å². The van der Waals surface area contributed by atoms with Crippen LogP contribution < -0.4 is 10.1 Å². The molecule has 102 valence electrons. The molecule has 9 heteroatoms. The van der Waals surface area contributed by atoms with Gasteiger partial charge in [-0.15, -0.1) is 16.4 Å². The number of ether oxygens (including phenoxy) is 1. The Morgan fingerprint density at radius 2 is 2.35 bits per heavy atom. The van der Waals surface area contributed by atoms with E-state index in [0.717, 1.165) is 10.1 Å². The lowest BCUT2D eigenvalue weighted by molar-refractivity contribution is 0.103. The zero-order valence-corrected chi connectivity index (χ0v) is 11.7. The number of carbonyl (C=O) groups excluding carboxylic acids is 1. The monoisotopic (exact) mass is 309 g/mol. The van der Waals surface area contributed by atoms with Gasteiger partial charge in [0.2, 0.25) is 0 Å². The number of aromatic nitrogens is 4. The van der Waals surface area contributed by atoms with E-state index in [1.54, 1.807) is 13.2 Å². The number of hydrogen-bond acceptors (Lipinski definition) is 6. The van der Waals surface area contributed by atoms with Crippen LogP contribution in [0.1, 0.15) is 9.67 Å². The Kier molecular flexibility index (Phi) is 3.25. The third kappa shape index (κ3) is 2.19. The summed E-state index contributed by atoms with van der Waals surface area (Å²) in [5.74, 6) is 0.403. The number of hydrogen-bond donors (Lipinski definition) is 2. The van der Waals surface area contributed by atoms with Crippen molar-refractivity contribution in [3.05, 3.63) is 28.1 Å². The number of H-pyrrole nitrogens is 1. The summed E-state index contributed by atoms with van der Waals surface area (Å²) in [6.07, 6.45) is 0. The summed E-state index contributed by atoms with van der Waals surface area (Å²) in [5, 5.41) is 16.6. The molecule has 20 heavy (non-hydrogen) atoms. The number of nitrogens with one attached hydrogen (secondary N) is 2. The third-order valence-corrected chi connectivity index (χ3v) is 4.29. The molecule has 0 aliphatic carbocycles. The second-order valence-corrected chi connectivity index (χ2v) is 5.23. The molecule has 3 rings (SSSR count). The minimum Gasteiger partial charge on any atom is -0.497 e. The Labute approximate surface area is 121 Å². The molecule has 2 aromatic heterocycles. The highest BCUT2D eigenvalue weighted by atomic mass is 35.5. The second kappa shape index (κ2) is 5.06. The van der Waals surface area contributed by atoms with Crippen molar-refractivity contribution in [3.8, 4) is 5.75 Å². The molecule has 0 fully saturated rings. The smallest absolute Gasteiger partial charge is 0.270 e. The van der Waals surface area contributed by atoms with Gasteiger partial charge in [0, 0.05) is 10.1 Å². The average Bonchev–Trinajstić information content (AvgIpc) is 3.07. The van der Waals surface area contributed by atoms with Gasteiger partial charge in [0.1, 0.15) is 10.6 Å². The molecule has 0 atom stereocenters. The minimum atomic E-state index is -0.378. The number of halogens is 1. The number of methoxy groups -OCH3 is 1. The number of rotatable bonds is 3. The molecule has 7 nitrogen and oxygen atoms in total. The SMILES string of the molecule is COc1ccc2sc(C(=O)Nc3nn[nH]n3)c(Cl)c2c1. The first-order chi connectivity index (χ1) is 9.69. The van der Waals surface area contributed by atoms with Crippen molar-refractivity contribution in [2.75, 3.05) is 12.4 Å². The van der Waals surface area contributed by atoms with Gasteiger partial charge < -0.3 is 4.74 Å². The number of amides is 1. The van der Waals surface area contributed by atoms with Gasteiger partial charge in [-0.1, -0.05) is 16.7 Å². The van der Waals surface area contributed by atoms with Crippen molar-refractivity contribution in [3.63, 3.8) is 0 Å². The first kappa shape index (κ1) is 12.8. The molecule has 0 aliphatic heterocycles. The topological polar surface area (TPSA) is 92.8 Å². The van der Waals surface area contributed by atoms with Crippen LogP contribution in [0, 0.1) is 0 Å². The van der Waals surface area contributed by atoms with E-state index in [1.165, 1.54) is 11.3 Å². The van der Waals surface area contributed by atoms with Crippen LogP contribution in [-0.2, 0) is 0 Å². The molecule has 1 aromatic carbocycles. The minimum absolute atomic E-state index is 0.0982. The van der Waals surface area contributed by atoms with E-state index in [9.17, 15) is 4.79 Å². The second-order valence-electron chi connectivity index (χ2n) is 3.80. The standard InChI is InChI=1S/C11H8ClN5O2S/c1-19-5-2-3-7-6(4-5)8(12)9(20-7)10(18)13-11-14-16-17-15-11/h2-4H,1H3,(H2,13,14,15,16,17,18). The van der Waals surface area contributed by atoms with Crippen LogP contribution in [0.25, 0.3) is 10.1 Å². The molecule has 2 heterocycles. The Morgan fingerprint density at radius 3 is 3.05 bits per heavy atom. The van der Waals surface area contributed by atoms with Crippen molar-refractivity contribution < 1.29 is 9.53 Å². The maximum absolute atomic E-state index is 12.1. The van der Waals surface area contributed by atoms with E-state index >= 15 is 0 Å². The number of anilines is 1. The Morgan fingerprint density at radius 1 is 1.50 bits per heavy atom. The van der Waals surface area contributed by atoms with Gasteiger partial charge in [-0.3, -0.25) is 10.1 Å². The van der Waals surface area contributed by atoms with Crippen LogP contribution in [0.3, 0.4) is 0 Å². The van der Waals surface area contributed by atoms with E-state index in [-0.39, 0.29) is 11.9 Å². The maximum Gasteiger partial charge on any atom is 0.270 e. The molecule has 0 saturated carbocycles. The van der Waals surface area contributed by atoms with Crippen molar-refractivity contribution in [1.29, 1.82) is 0 Å². The first-order valence-corrected chi connectivity index (χ1v) is 6.69. The first-order valence-electron chi connectivity index (χ1n) is 5.50. The molecular weight excluding hydrogens is 302 g/mol. The number of thiophene rings is 1. The van der Waals surface area contributed by atoms with Crippen molar-refractivity contribution in [2.45, 2.75) is 0 Å². The predicted molar refractivity (Wildman–Crippen MR) is 75.5 cm³/mol. The summed E-state index contributed by atoms with van der Waals surface area (Å²) in [7, 11) is 1.57. The summed E-state index contributed by atoms with van der Waals surface area (Å²) >= 11 is 7.54. The Hall–Kier alpha value is -2.19. The molecule has 1 amide bonds. The number of fused-ring (bicyclic) bond motifs is 1. The summed E-state index contributed by atoms with van der Waals surface area (Å²) in [5.41, 5.74) is 0. The van der Waals surface area contributed by atoms with Crippen LogP contribution in [0.2, 0.25) is 5.02 Å². The van der Waals surface area contributed by atoms with Crippen LogP contribution in [-0.4, -0.2) is 33.6 Å². The summed E-state index contributed by atoms with van der Waals surface area (Å²) < 4.78 is 6.04. The molecule has 0 aliphatic rings. The van der Waals surface area contributed by atoms with Gasteiger partial charge in [-0.05, 0) is 23.4 Å². The largest absolute Gasteiger partial charge is 0.497 e. The van der Waals surface area contributed by atoms with Gasteiger partial charge >= 0.3 is 0 Å². The molecule has 2 N–H and O–H groups in total. The lowest BCUT2D eigenvalue weighted by Gasteiger charge is -1.99. The van der Waals surface area contributed by atoms with Crippen molar-refractivity contribution in [1.82, 2.24) is 20.6 Å². The van der Waals surface area contributed by atoms with E-state index in [0.29, 0.717) is 15.6 Å². The quantitative estimate of drug-likeness (QED) is 0.774. The van der Waals surface area contributed by atoms with Crippen LogP contribution in [0.5, 0.6) is 5.75 Å². The van der Waals surface area contributed by atoms with Gasteiger partial charge in [-0.25, -0.2) is 0 Å². The van der Waals surface area contributed by atoms with E-state index in [1.807, 2.05) is 12.1 Å². The molecule has 0 spiro atoms. The number of nitrogens with zero attached hydrogens (tertiary/aromatic N) is 3. The number of aromatic amines is 1. The lowest BCUT2D eigenvalue weighted by Crippen LogP contribution is -2.11. The van der Waals surface area contributed by atoms with Gasteiger partial charge in [0.05, 0.1) is 12.1 Å². The predicted octanol–water partition coefficient (Wildman–Crippen LogP) is 2.33. The normalized spacial score (nSPS) is 10.7. The zero-order valence-electron chi connectivity index (χ0n) is 10.2. The summed E-state index contributed by atoms with van der Waals surface area (Å²) in [6.45, 7) is 0. The highest BCUT2D eigenvalue weighted by Crippen LogP contribution is 2.37. The van der Waals surface area contributed by atoms with Crippen molar-refractivity contribution in [2.24, 2.45) is 0 Å². The van der Waals surface area contributed by atoms with Gasteiger partial charge in [0.15, 0.2) is 0 Å². The average molecular weight is 310 g/mol. The lowest BCUT2D eigenvalue weighted by atomic mass is 10.2. The number of carbonyl (C=O) groups is 1. The molecule has 0 saturated heterocycles. The van der Waals surface area contributed by atoms with Crippen LogP contribution >= 0.6 is 22.9 Å². The third-order valence-electron chi connectivity index (χ3n) is 2.61. The van der Waals surface area contributed by atoms with Gasteiger partial charge in [-0.2, -0.15) is 5.21 Å². The van der Waals surface area contributed by atoms with E-state index in [2.05, 4.69) is 25.9 Å². The van der Waals surface area contributed by atoms with Crippen LogP contribution in [0.4, 0.5) is 5.95 Å². The fourth-order valence-corrected chi connectivity index (χ4v) is 3.08. The summed E-state index contributed by atoms with van der Waals surface area (Å²) in [6, 6.07) is 5.46. The van der Waals surface area contributed by atoms with Gasteiger partial charge in [0.25, 0.3) is 11.9 Å². The Balaban J connectivity index is 1.99. The zero-order chi connectivity index (χ0) is 14.1. The molecule has 0 unspecified atom stereocenters. The maximum atomic E-state index is 12.1. The van der Waals surface area contributed by atoms with Crippen LogP contribution in [0.15, 0.2) is 18.2 Å². The highest BCUT2D eigenvalue weighted by molar-refractivity contribution is 7.21. The van der Waals surface area contributed by atoms with E-state index < -0.39 is 0 Å². The number of tetrazole rings is 1. The Bertz CT molecular complexity index is 771. The highest BCUT2D eigenvalue weighted by Gasteiger charge is 2.18.